The lowest BCUT2D eigenvalue weighted by molar-refractivity contribution is -0.385. The van der Waals surface area contributed by atoms with E-state index in [0.29, 0.717) is 23.1 Å². The zero-order valence-electron chi connectivity index (χ0n) is 9.97. The Hall–Kier alpha value is -1.63. The molecule has 2 rings (SSSR count). The van der Waals surface area contributed by atoms with Crippen molar-refractivity contribution in [3.63, 3.8) is 0 Å². The Labute approximate surface area is 117 Å². The fourth-order valence-corrected chi connectivity index (χ4v) is 2.41. The van der Waals surface area contributed by atoms with Crippen LogP contribution in [0.25, 0.3) is 0 Å². The van der Waals surface area contributed by atoms with Gasteiger partial charge in [0.15, 0.2) is 0 Å². The lowest BCUT2D eigenvalue weighted by Crippen LogP contribution is -2.45. The summed E-state index contributed by atoms with van der Waals surface area (Å²) >= 11 is 3.26. The largest absolute Gasteiger partial charge is 0.485 e. The first-order chi connectivity index (χ1) is 8.92. The van der Waals surface area contributed by atoms with Crippen molar-refractivity contribution in [2.24, 2.45) is 0 Å². The van der Waals surface area contributed by atoms with Gasteiger partial charge < -0.3 is 9.84 Å². The smallest absolute Gasteiger partial charge is 0.307 e. The average Bonchev–Trinajstić information content (AvgIpc) is 2.28. The van der Waals surface area contributed by atoms with E-state index in [1.807, 2.05) is 0 Å². The van der Waals surface area contributed by atoms with E-state index in [0.717, 1.165) is 6.42 Å². The molecule has 0 saturated heterocycles. The normalized spacial score (nSPS) is 16.5. The Morgan fingerprint density at radius 1 is 1.53 bits per heavy atom. The summed E-state index contributed by atoms with van der Waals surface area (Å²) in [6.07, 6.45) is 2.10. The molecule has 19 heavy (non-hydrogen) atoms. The Kier molecular flexibility index (Phi) is 3.75. The number of nitro benzene ring substituents is 1. The maximum absolute atomic E-state index is 10.9. The van der Waals surface area contributed by atoms with E-state index in [2.05, 4.69) is 15.9 Å². The van der Waals surface area contributed by atoms with Crippen molar-refractivity contribution in [3.05, 3.63) is 32.8 Å². The van der Waals surface area contributed by atoms with Gasteiger partial charge in [0, 0.05) is 6.07 Å². The van der Waals surface area contributed by atoms with Crippen LogP contribution in [0.15, 0.2) is 22.7 Å². The summed E-state index contributed by atoms with van der Waals surface area (Å²) in [5.41, 5.74) is -0.813. The molecule has 1 aliphatic carbocycles. The molecule has 0 aromatic heterocycles. The minimum Gasteiger partial charge on any atom is -0.485 e. The molecule has 0 radical (unpaired) electrons. The third kappa shape index (κ3) is 3.04. The van der Waals surface area contributed by atoms with Crippen LogP contribution in [0.2, 0.25) is 0 Å². The molecule has 1 fully saturated rings. The number of hydrogen-bond acceptors (Lipinski definition) is 4. The standard InChI is InChI=1S/C12H12BrNO5/c13-9-3-2-8(14(17)18)6-10(9)19-12(4-1-5-12)7-11(15)16/h2-3,6H,1,4-5,7H2,(H,15,16). The molecule has 1 N–H and O–H groups in total. The third-order valence-corrected chi connectivity index (χ3v) is 3.85. The van der Waals surface area contributed by atoms with Crippen LogP contribution in [-0.2, 0) is 4.79 Å². The highest BCUT2D eigenvalue weighted by atomic mass is 79.9. The van der Waals surface area contributed by atoms with Gasteiger partial charge in [0.25, 0.3) is 5.69 Å². The van der Waals surface area contributed by atoms with E-state index >= 15 is 0 Å². The molecule has 0 spiro atoms. The molecular formula is C12H12BrNO5. The van der Waals surface area contributed by atoms with Gasteiger partial charge >= 0.3 is 5.97 Å². The lowest BCUT2D eigenvalue weighted by atomic mass is 9.77. The van der Waals surface area contributed by atoms with Crippen LogP contribution in [0, 0.1) is 10.1 Å². The summed E-state index contributed by atoms with van der Waals surface area (Å²) < 4.78 is 6.32. The average molecular weight is 330 g/mol. The van der Waals surface area contributed by atoms with Gasteiger partial charge in [0.1, 0.15) is 11.4 Å². The van der Waals surface area contributed by atoms with Crippen molar-refractivity contribution < 1.29 is 19.6 Å². The fraction of sp³-hybridized carbons (Fsp3) is 0.417. The summed E-state index contributed by atoms with van der Waals surface area (Å²) in [6.45, 7) is 0. The molecule has 0 unspecified atom stereocenters. The fourth-order valence-electron chi connectivity index (χ4n) is 2.08. The molecule has 0 amide bonds. The van der Waals surface area contributed by atoms with E-state index in [9.17, 15) is 14.9 Å². The second kappa shape index (κ2) is 5.16. The summed E-state index contributed by atoms with van der Waals surface area (Å²) in [5, 5.41) is 19.6. The number of halogens is 1. The van der Waals surface area contributed by atoms with Gasteiger partial charge in [-0.15, -0.1) is 0 Å². The Bertz CT molecular complexity index is 527. The first-order valence-electron chi connectivity index (χ1n) is 5.77. The number of benzene rings is 1. The van der Waals surface area contributed by atoms with Crippen LogP contribution in [0.3, 0.4) is 0 Å². The molecular weight excluding hydrogens is 318 g/mol. The Morgan fingerprint density at radius 3 is 2.68 bits per heavy atom. The second-order valence-corrected chi connectivity index (χ2v) is 5.44. The van der Waals surface area contributed by atoms with Gasteiger partial charge in [0.2, 0.25) is 0 Å². The minimum absolute atomic E-state index is 0.0806. The molecule has 7 heteroatoms. The number of ether oxygens (including phenoxy) is 1. The number of non-ortho nitro benzene ring substituents is 1. The van der Waals surface area contributed by atoms with Gasteiger partial charge in [-0.05, 0) is 41.3 Å². The van der Waals surface area contributed by atoms with Crippen LogP contribution in [-0.4, -0.2) is 21.6 Å². The minimum atomic E-state index is -0.929. The van der Waals surface area contributed by atoms with Crippen LogP contribution >= 0.6 is 15.9 Å². The predicted molar refractivity (Wildman–Crippen MR) is 70.3 cm³/mol. The van der Waals surface area contributed by atoms with E-state index in [1.165, 1.54) is 18.2 Å². The van der Waals surface area contributed by atoms with Crippen molar-refractivity contribution in [1.29, 1.82) is 0 Å². The Morgan fingerprint density at radius 2 is 2.21 bits per heavy atom. The van der Waals surface area contributed by atoms with E-state index < -0.39 is 16.5 Å². The lowest BCUT2D eigenvalue weighted by Gasteiger charge is -2.40. The van der Waals surface area contributed by atoms with Gasteiger partial charge in [-0.1, -0.05) is 0 Å². The van der Waals surface area contributed by atoms with Crippen molar-refractivity contribution in [2.75, 3.05) is 0 Å². The maximum Gasteiger partial charge on any atom is 0.307 e. The second-order valence-electron chi connectivity index (χ2n) is 4.58. The number of hydrogen-bond donors (Lipinski definition) is 1. The van der Waals surface area contributed by atoms with Gasteiger partial charge in [-0.25, -0.2) is 0 Å². The molecule has 1 saturated carbocycles. The monoisotopic (exact) mass is 329 g/mol. The maximum atomic E-state index is 10.9. The molecule has 1 aromatic carbocycles. The number of aliphatic carboxylic acids is 1. The third-order valence-electron chi connectivity index (χ3n) is 3.19. The number of carbonyl (C=O) groups is 1. The van der Waals surface area contributed by atoms with Crippen LogP contribution in [0.4, 0.5) is 5.69 Å². The summed E-state index contributed by atoms with van der Waals surface area (Å²) in [5.74, 6) is -0.614. The SMILES string of the molecule is O=C(O)CC1(Oc2cc([N+](=O)[O-])ccc2Br)CCC1. The molecule has 0 atom stereocenters. The van der Waals surface area contributed by atoms with Crippen LogP contribution < -0.4 is 4.74 Å². The number of carboxylic acids is 1. The number of nitrogens with zero attached hydrogens (tertiary/aromatic N) is 1. The summed E-state index contributed by atoms with van der Waals surface area (Å²) in [6, 6.07) is 4.20. The highest BCUT2D eigenvalue weighted by Crippen LogP contribution is 2.42. The molecule has 102 valence electrons. The zero-order valence-corrected chi connectivity index (χ0v) is 11.6. The zero-order chi connectivity index (χ0) is 14.0. The quantitative estimate of drug-likeness (QED) is 0.662. The van der Waals surface area contributed by atoms with Crippen molar-refractivity contribution >= 4 is 27.6 Å². The van der Waals surface area contributed by atoms with Crippen molar-refractivity contribution in [3.8, 4) is 5.75 Å². The van der Waals surface area contributed by atoms with E-state index in [1.54, 1.807) is 0 Å². The molecule has 1 aromatic rings. The summed E-state index contributed by atoms with van der Waals surface area (Å²) in [7, 11) is 0. The van der Waals surface area contributed by atoms with E-state index in [4.69, 9.17) is 9.84 Å². The molecule has 0 bridgehead atoms. The highest BCUT2D eigenvalue weighted by Gasteiger charge is 2.42. The van der Waals surface area contributed by atoms with E-state index in [-0.39, 0.29) is 12.1 Å². The number of nitro groups is 1. The van der Waals surface area contributed by atoms with Crippen molar-refractivity contribution in [2.45, 2.75) is 31.3 Å². The van der Waals surface area contributed by atoms with Crippen LogP contribution in [0.5, 0.6) is 5.75 Å². The number of carboxylic acid groups (broad SMARTS) is 1. The van der Waals surface area contributed by atoms with Gasteiger partial charge in [0.05, 0.1) is 21.9 Å². The van der Waals surface area contributed by atoms with Gasteiger partial charge in [-0.2, -0.15) is 0 Å². The Balaban J connectivity index is 2.24. The first-order valence-corrected chi connectivity index (χ1v) is 6.56. The van der Waals surface area contributed by atoms with Gasteiger partial charge in [-0.3, -0.25) is 14.9 Å². The molecule has 0 heterocycles. The highest BCUT2D eigenvalue weighted by molar-refractivity contribution is 9.10. The predicted octanol–water partition coefficient (Wildman–Crippen LogP) is 3.13. The van der Waals surface area contributed by atoms with Crippen molar-refractivity contribution in [1.82, 2.24) is 0 Å². The van der Waals surface area contributed by atoms with Crippen LogP contribution in [0.1, 0.15) is 25.7 Å². The number of rotatable bonds is 5. The first kappa shape index (κ1) is 13.8. The molecule has 6 nitrogen and oxygen atoms in total. The summed E-state index contributed by atoms with van der Waals surface area (Å²) in [4.78, 5) is 21.1. The molecule has 1 aliphatic rings. The topological polar surface area (TPSA) is 89.7 Å². The molecule has 0 aliphatic heterocycles.